The molecule has 0 fully saturated rings. The molecular formula is C22H28N4O3S2. The summed E-state index contributed by atoms with van der Waals surface area (Å²) in [6, 6.07) is 14.8. The van der Waals surface area contributed by atoms with Crippen molar-refractivity contribution in [2.75, 3.05) is 18.8 Å². The van der Waals surface area contributed by atoms with E-state index in [1.165, 1.54) is 16.1 Å². The topological polar surface area (TPSA) is 84.3 Å². The van der Waals surface area contributed by atoms with E-state index in [1.807, 2.05) is 55.7 Å². The van der Waals surface area contributed by atoms with E-state index in [2.05, 4.69) is 10.3 Å². The molecule has 166 valence electrons. The van der Waals surface area contributed by atoms with Crippen LogP contribution in [0.2, 0.25) is 0 Å². The summed E-state index contributed by atoms with van der Waals surface area (Å²) in [5.74, 6) is 0.161. The van der Waals surface area contributed by atoms with E-state index in [1.54, 1.807) is 18.2 Å². The first-order valence-corrected chi connectivity index (χ1v) is 12.8. The number of benzene rings is 2. The zero-order valence-electron chi connectivity index (χ0n) is 18.0. The van der Waals surface area contributed by atoms with Gasteiger partial charge in [0.1, 0.15) is 0 Å². The lowest BCUT2D eigenvalue weighted by atomic mass is 10.2. The summed E-state index contributed by atoms with van der Waals surface area (Å²) in [6.45, 7) is 7.63. The van der Waals surface area contributed by atoms with Gasteiger partial charge in [0.15, 0.2) is 5.16 Å². The average molecular weight is 461 g/mol. The van der Waals surface area contributed by atoms with Gasteiger partial charge in [-0.25, -0.2) is 13.4 Å². The second kappa shape index (κ2) is 10.3. The third-order valence-electron chi connectivity index (χ3n) is 5.01. The summed E-state index contributed by atoms with van der Waals surface area (Å²) >= 11 is 1.35. The first-order chi connectivity index (χ1) is 14.9. The monoisotopic (exact) mass is 460 g/mol. The summed E-state index contributed by atoms with van der Waals surface area (Å²) in [4.78, 5) is 17.1. The fraction of sp³-hybridized carbons (Fsp3) is 0.364. The number of amides is 1. The Hall–Kier alpha value is -2.36. The molecule has 9 heteroatoms. The largest absolute Gasteiger partial charge is 0.351 e. The number of hydrogen-bond acceptors (Lipinski definition) is 5. The molecule has 1 amide bonds. The Labute approximate surface area is 187 Å². The molecule has 3 rings (SSSR count). The first kappa shape index (κ1) is 23.3. The number of aromatic nitrogens is 2. The number of carbonyl (C=O) groups is 1. The molecule has 0 aliphatic rings. The fourth-order valence-corrected chi connectivity index (χ4v) is 5.74. The number of nitrogens with zero attached hydrogens (tertiary/aromatic N) is 3. The Bertz CT molecular complexity index is 1140. The maximum atomic E-state index is 12.8. The summed E-state index contributed by atoms with van der Waals surface area (Å²) in [5, 5.41) is 3.61. The molecule has 0 spiro atoms. The minimum Gasteiger partial charge on any atom is -0.351 e. The van der Waals surface area contributed by atoms with Gasteiger partial charge < -0.3 is 9.88 Å². The number of thioether (sulfide) groups is 1. The van der Waals surface area contributed by atoms with E-state index < -0.39 is 10.0 Å². The van der Waals surface area contributed by atoms with Gasteiger partial charge in [0.2, 0.25) is 15.9 Å². The molecular weight excluding hydrogens is 432 g/mol. The zero-order valence-corrected chi connectivity index (χ0v) is 19.7. The molecule has 0 saturated carbocycles. The molecule has 0 atom stereocenters. The highest BCUT2D eigenvalue weighted by molar-refractivity contribution is 7.99. The molecule has 2 aromatic carbocycles. The molecule has 3 aromatic rings. The molecule has 0 unspecified atom stereocenters. The Balaban J connectivity index is 1.76. The molecule has 7 nitrogen and oxygen atoms in total. The van der Waals surface area contributed by atoms with E-state index >= 15 is 0 Å². The summed E-state index contributed by atoms with van der Waals surface area (Å²) in [7, 11) is -3.55. The van der Waals surface area contributed by atoms with Crippen molar-refractivity contribution in [2.24, 2.45) is 0 Å². The summed E-state index contributed by atoms with van der Waals surface area (Å²) < 4.78 is 29.1. The molecule has 1 heterocycles. The summed E-state index contributed by atoms with van der Waals surface area (Å²) in [5.41, 5.74) is 2.51. The van der Waals surface area contributed by atoms with Crippen LogP contribution in [0.4, 0.5) is 0 Å². The number of carbonyl (C=O) groups excluding carboxylic acids is 1. The number of fused-ring (bicyclic) bond motifs is 1. The van der Waals surface area contributed by atoms with Crippen molar-refractivity contribution in [1.29, 1.82) is 0 Å². The number of hydrogen-bond donors (Lipinski definition) is 1. The van der Waals surface area contributed by atoms with Crippen LogP contribution >= 0.6 is 11.8 Å². The average Bonchev–Trinajstić information content (AvgIpc) is 3.14. The molecule has 0 saturated heterocycles. The predicted octanol–water partition coefficient (Wildman–Crippen LogP) is 3.50. The van der Waals surface area contributed by atoms with Crippen molar-refractivity contribution in [3.05, 3.63) is 54.1 Å². The first-order valence-electron chi connectivity index (χ1n) is 10.3. The van der Waals surface area contributed by atoms with Crippen molar-refractivity contribution in [2.45, 2.75) is 43.9 Å². The van der Waals surface area contributed by atoms with Crippen LogP contribution in [0.3, 0.4) is 0 Å². The van der Waals surface area contributed by atoms with Gasteiger partial charge in [-0.05, 0) is 30.7 Å². The molecule has 1 aromatic heterocycles. The smallest absolute Gasteiger partial charge is 0.243 e. The maximum absolute atomic E-state index is 12.8. The highest BCUT2D eigenvalue weighted by Gasteiger charge is 2.23. The van der Waals surface area contributed by atoms with Gasteiger partial charge in [0, 0.05) is 26.2 Å². The Morgan fingerprint density at radius 1 is 1.10 bits per heavy atom. The van der Waals surface area contributed by atoms with Crippen molar-refractivity contribution < 1.29 is 13.2 Å². The van der Waals surface area contributed by atoms with Crippen LogP contribution in [-0.2, 0) is 27.9 Å². The maximum Gasteiger partial charge on any atom is 0.243 e. The van der Waals surface area contributed by atoms with E-state index in [-0.39, 0.29) is 16.6 Å². The van der Waals surface area contributed by atoms with Gasteiger partial charge in [0.05, 0.1) is 21.7 Å². The van der Waals surface area contributed by atoms with Crippen LogP contribution in [0, 0.1) is 0 Å². The van der Waals surface area contributed by atoms with Crippen molar-refractivity contribution in [3.8, 4) is 0 Å². The normalized spacial score (nSPS) is 11.9. The predicted molar refractivity (Wildman–Crippen MR) is 125 cm³/mol. The van der Waals surface area contributed by atoms with Crippen molar-refractivity contribution in [1.82, 2.24) is 19.2 Å². The van der Waals surface area contributed by atoms with E-state index in [0.717, 1.165) is 11.1 Å². The van der Waals surface area contributed by atoms with Crippen molar-refractivity contribution >= 4 is 38.7 Å². The molecule has 0 aliphatic heterocycles. The third kappa shape index (κ3) is 5.28. The van der Waals surface area contributed by atoms with Crippen LogP contribution in [-0.4, -0.2) is 47.0 Å². The Morgan fingerprint density at radius 3 is 2.45 bits per heavy atom. The van der Waals surface area contributed by atoms with Crippen molar-refractivity contribution in [3.63, 3.8) is 0 Å². The Morgan fingerprint density at radius 2 is 1.81 bits per heavy atom. The highest BCUT2D eigenvalue weighted by Crippen LogP contribution is 2.27. The lowest BCUT2D eigenvalue weighted by Gasteiger charge is -2.18. The van der Waals surface area contributed by atoms with Crippen LogP contribution in [0.25, 0.3) is 11.0 Å². The van der Waals surface area contributed by atoms with E-state index in [4.69, 9.17) is 0 Å². The minimum atomic E-state index is -3.55. The van der Waals surface area contributed by atoms with Gasteiger partial charge in [-0.15, -0.1) is 0 Å². The van der Waals surface area contributed by atoms with Crippen LogP contribution < -0.4 is 5.32 Å². The lowest BCUT2D eigenvalue weighted by molar-refractivity contribution is -0.118. The second-order valence-corrected chi connectivity index (χ2v) is 9.81. The second-order valence-electron chi connectivity index (χ2n) is 6.93. The molecule has 0 bridgehead atoms. The van der Waals surface area contributed by atoms with Gasteiger partial charge in [-0.1, -0.05) is 55.9 Å². The number of nitrogens with one attached hydrogen (secondary N) is 1. The minimum absolute atomic E-state index is 0.0756. The fourth-order valence-electron chi connectivity index (χ4n) is 3.35. The van der Waals surface area contributed by atoms with Gasteiger partial charge in [-0.3, -0.25) is 4.79 Å². The zero-order chi connectivity index (χ0) is 22.4. The standard InChI is InChI=1S/C22H28N4O3S2/c1-4-25(5-2)31(28,29)18-12-13-20-19(14-18)24-22(26(20)6-3)30-16-21(27)23-15-17-10-8-7-9-11-17/h7-14H,4-6,15-16H2,1-3H3,(H,23,27). The number of aryl methyl sites for hydroxylation is 1. The van der Waals surface area contributed by atoms with Gasteiger partial charge in [0.25, 0.3) is 0 Å². The number of sulfonamides is 1. The van der Waals surface area contributed by atoms with Crippen LogP contribution in [0.1, 0.15) is 26.3 Å². The molecule has 0 aliphatic carbocycles. The molecule has 31 heavy (non-hydrogen) atoms. The SMILES string of the molecule is CCN(CC)S(=O)(=O)c1ccc2c(c1)nc(SCC(=O)NCc1ccccc1)n2CC. The third-order valence-corrected chi connectivity index (χ3v) is 8.03. The lowest BCUT2D eigenvalue weighted by Crippen LogP contribution is -2.30. The molecule has 0 radical (unpaired) electrons. The quantitative estimate of drug-likeness (QED) is 0.468. The van der Waals surface area contributed by atoms with E-state index in [0.29, 0.717) is 36.9 Å². The number of rotatable bonds is 10. The van der Waals surface area contributed by atoms with Gasteiger partial charge in [-0.2, -0.15) is 4.31 Å². The van der Waals surface area contributed by atoms with Gasteiger partial charge >= 0.3 is 0 Å². The Kier molecular flexibility index (Phi) is 7.74. The highest BCUT2D eigenvalue weighted by atomic mass is 32.2. The number of imidazole rings is 1. The van der Waals surface area contributed by atoms with Crippen LogP contribution in [0.5, 0.6) is 0 Å². The van der Waals surface area contributed by atoms with Crippen LogP contribution in [0.15, 0.2) is 58.6 Å². The summed E-state index contributed by atoms with van der Waals surface area (Å²) in [6.07, 6.45) is 0. The molecule has 1 N–H and O–H groups in total. The van der Waals surface area contributed by atoms with E-state index in [9.17, 15) is 13.2 Å².